The summed E-state index contributed by atoms with van der Waals surface area (Å²) in [6.07, 6.45) is 11.3. The van der Waals surface area contributed by atoms with Gasteiger partial charge < -0.3 is 44.6 Å². The summed E-state index contributed by atoms with van der Waals surface area (Å²) in [5.74, 6) is 1.74. The van der Waals surface area contributed by atoms with E-state index in [1.165, 1.54) is 38.4 Å². The molecule has 15 heteroatoms. The average Bonchev–Trinajstić information content (AvgIpc) is 4.29. The second kappa shape index (κ2) is 38.5. The van der Waals surface area contributed by atoms with Crippen molar-refractivity contribution in [2.24, 2.45) is 0 Å². The summed E-state index contributed by atoms with van der Waals surface area (Å²) in [6, 6.07) is 30.3. The predicted octanol–water partition coefficient (Wildman–Crippen LogP) is 8.62. The molecule has 0 aromatic heterocycles. The number of fused-ring (bicyclic) bond motifs is 5. The highest BCUT2D eigenvalue weighted by molar-refractivity contribution is 7.98. The number of methoxy groups -OCH3 is 1. The van der Waals surface area contributed by atoms with Crippen molar-refractivity contribution in [2.45, 2.75) is 159 Å². The van der Waals surface area contributed by atoms with Crippen LogP contribution in [-0.2, 0) is 38.7 Å². The minimum absolute atomic E-state index is 0. The van der Waals surface area contributed by atoms with E-state index in [9.17, 15) is 25.1 Å². The molecule has 5 aromatic rings. The highest BCUT2D eigenvalue weighted by Gasteiger charge is 2.28. The van der Waals surface area contributed by atoms with Crippen molar-refractivity contribution in [2.75, 3.05) is 39.0 Å². The third-order valence-electron chi connectivity index (χ3n) is 12.4. The summed E-state index contributed by atoms with van der Waals surface area (Å²) in [6.45, 7) is 21.3. The highest BCUT2D eigenvalue weighted by Crippen LogP contribution is 2.22. The average molecular weight is 1020 g/mol. The summed E-state index contributed by atoms with van der Waals surface area (Å²) in [7, 11) is 5.68. The van der Waals surface area contributed by atoms with Gasteiger partial charge in [0.25, 0.3) is 0 Å². The van der Waals surface area contributed by atoms with Gasteiger partial charge in [-0.3, -0.25) is 0 Å². The van der Waals surface area contributed by atoms with Gasteiger partial charge in [-0.05, 0) is 158 Å². The van der Waals surface area contributed by atoms with E-state index in [1.807, 2.05) is 145 Å². The van der Waals surface area contributed by atoms with Crippen LogP contribution in [0.1, 0.15) is 117 Å². The second-order valence-electron chi connectivity index (χ2n) is 16.6. The number of benzene rings is 5. The number of hydrogen-bond donors (Lipinski definition) is 6. The number of aryl methyl sites for hydroxylation is 5. The van der Waals surface area contributed by atoms with Crippen molar-refractivity contribution in [1.82, 2.24) is 0 Å². The van der Waals surface area contributed by atoms with Gasteiger partial charge in [0.15, 0.2) is 0 Å². The summed E-state index contributed by atoms with van der Waals surface area (Å²) in [5.41, 5.74) is 13.7. The minimum Gasteiger partial charge on any atom is -0.497 e. The molecule has 5 heterocycles. The molecule has 0 saturated heterocycles. The standard InChI is InChI=1S/C10H14BNO.C10H13BO2.2C9H11BO2.C9H11BOS.5C2H6.CH4/c1-12(2)9-4-3-8-5-6-11(13)10(8)7-9;1-2-13-9-3-4-10-8(7-9)5-6-11(10)12;1-12-8-3-2-7-4-5-10(11)9(7)6-8;11-6-8-3-1-2-7-4-5-10(12)9(7)8;1-12-8-3-2-7-4-5-10(11)9(7)6-8;5*1-2;/h3-4,7,13H,5-6H2,1-2H3;3-4,7,12H,2,5-6H2,1H3;2-3,6,11H,4-5H2,1H3;1-3,11-12H,4-6H2;2-3,6,11H,4-5H2,1H3;5*1-2H3;1H4. The zero-order valence-electron chi connectivity index (χ0n) is 46.9. The van der Waals surface area contributed by atoms with Gasteiger partial charge in [0.05, 0.1) is 20.3 Å². The Morgan fingerprint density at radius 1 is 0.507 bits per heavy atom. The maximum atomic E-state index is 9.67. The molecule has 0 aliphatic carbocycles. The zero-order chi connectivity index (χ0) is 54.3. The number of aliphatic hydroxyl groups is 1. The summed E-state index contributed by atoms with van der Waals surface area (Å²) >= 11 is 1.73. The van der Waals surface area contributed by atoms with Gasteiger partial charge in [-0.15, -0.1) is 11.8 Å². The molecule has 0 amide bonds. The quantitative estimate of drug-likeness (QED) is 0.0724. The fraction of sp³-hybridized carbons (Fsp3) is 0.483. The molecule has 9 nitrogen and oxygen atoms in total. The Morgan fingerprint density at radius 2 is 0.959 bits per heavy atom. The third kappa shape index (κ3) is 20.5. The molecule has 0 saturated carbocycles. The Balaban J connectivity index is 0.000000847. The molecule has 5 aliphatic rings. The van der Waals surface area contributed by atoms with Gasteiger partial charge in [0.1, 0.15) is 11.5 Å². The lowest BCUT2D eigenvalue weighted by molar-refractivity contribution is 0.282. The fourth-order valence-corrected chi connectivity index (χ4v) is 9.38. The van der Waals surface area contributed by atoms with E-state index < -0.39 is 0 Å². The smallest absolute Gasteiger partial charge is 0.324 e. The van der Waals surface area contributed by atoms with Crippen molar-refractivity contribution in [3.63, 3.8) is 0 Å². The largest absolute Gasteiger partial charge is 0.497 e. The lowest BCUT2D eigenvalue weighted by atomic mass is 9.61. The molecule has 0 bridgehead atoms. The monoisotopic (exact) mass is 1020 g/mol. The van der Waals surface area contributed by atoms with E-state index in [0.29, 0.717) is 6.61 Å². The first-order chi connectivity index (χ1) is 34.9. The van der Waals surface area contributed by atoms with E-state index in [0.717, 1.165) is 108 Å². The van der Waals surface area contributed by atoms with Gasteiger partial charge >= 0.3 is 34.6 Å². The summed E-state index contributed by atoms with van der Waals surface area (Å²) in [5, 5.41) is 57.0. The highest BCUT2D eigenvalue weighted by atomic mass is 32.2. The van der Waals surface area contributed by atoms with Crippen molar-refractivity contribution in [3.8, 4) is 11.5 Å². The van der Waals surface area contributed by atoms with Crippen LogP contribution < -0.4 is 41.7 Å². The molecular weight excluding hydrogens is 925 g/mol. The molecule has 0 radical (unpaired) electrons. The first-order valence-electron chi connectivity index (χ1n) is 27.0. The van der Waals surface area contributed by atoms with Crippen LogP contribution in [0.3, 0.4) is 0 Å². The van der Waals surface area contributed by atoms with Gasteiger partial charge in [-0.2, -0.15) is 0 Å². The van der Waals surface area contributed by atoms with Crippen LogP contribution in [0.5, 0.6) is 11.5 Å². The first-order valence-corrected chi connectivity index (χ1v) is 28.2. The van der Waals surface area contributed by atoms with Crippen molar-refractivity contribution < 1.29 is 39.7 Å². The van der Waals surface area contributed by atoms with E-state index in [4.69, 9.17) is 14.6 Å². The minimum atomic E-state index is -0.358. The molecule has 5 aromatic carbocycles. The SMILES string of the molecule is C.CC.CC.CC.CC.CC.CCOc1ccc2c(c1)CCB2O.CN(C)c1ccc2c(c1)B(O)CC2.COc1ccc2c(c1)B(O)CC2.CSc1ccc2c(c1)B(O)CC2.OCc1cccc2c1B(O)CC2. The molecule has 0 spiro atoms. The number of anilines is 1. The van der Waals surface area contributed by atoms with Crippen LogP contribution in [-0.4, -0.2) is 98.9 Å². The predicted molar refractivity (Wildman–Crippen MR) is 326 cm³/mol. The van der Waals surface area contributed by atoms with Gasteiger partial charge in [-0.1, -0.05) is 147 Å². The Hall–Kier alpha value is -4.07. The zero-order valence-corrected chi connectivity index (χ0v) is 47.7. The van der Waals surface area contributed by atoms with Crippen LogP contribution in [0, 0.1) is 0 Å². The number of aliphatic hydroxyl groups excluding tert-OH is 1. The van der Waals surface area contributed by atoms with Crippen molar-refractivity contribution >= 4 is 79.3 Å². The number of rotatable bonds is 6. The van der Waals surface area contributed by atoms with Gasteiger partial charge in [0, 0.05) is 24.7 Å². The lowest BCUT2D eigenvalue weighted by Gasteiger charge is -2.14. The Labute approximate surface area is 450 Å². The molecule has 0 atom stereocenters. The van der Waals surface area contributed by atoms with E-state index >= 15 is 0 Å². The third-order valence-corrected chi connectivity index (χ3v) is 13.2. The first kappa shape index (κ1) is 68.9. The number of nitrogens with zero attached hydrogens (tertiary/aromatic N) is 1. The Morgan fingerprint density at radius 3 is 1.47 bits per heavy atom. The van der Waals surface area contributed by atoms with Crippen LogP contribution >= 0.6 is 11.8 Å². The van der Waals surface area contributed by atoms with Crippen LogP contribution in [0.4, 0.5) is 5.69 Å². The molecule has 10 rings (SSSR count). The normalized spacial score (nSPS) is 12.9. The fourth-order valence-electron chi connectivity index (χ4n) is 8.93. The lowest BCUT2D eigenvalue weighted by Crippen LogP contribution is -2.29. The molecule has 5 aliphatic heterocycles. The maximum Gasteiger partial charge on any atom is 0.324 e. The van der Waals surface area contributed by atoms with E-state index in [2.05, 4.69) is 47.6 Å². The van der Waals surface area contributed by atoms with E-state index in [1.54, 1.807) is 18.9 Å². The topological polar surface area (TPSA) is 143 Å². The number of thioether (sulfide) groups is 1. The Bertz CT molecular complexity index is 2210. The number of ether oxygens (including phenoxy) is 2. The summed E-state index contributed by atoms with van der Waals surface area (Å²) < 4.78 is 10.5. The summed E-state index contributed by atoms with van der Waals surface area (Å²) in [4.78, 5) is 3.31. The molecule has 400 valence electrons. The Kier molecular flexibility index (Phi) is 36.3. The molecule has 73 heavy (non-hydrogen) atoms. The van der Waals surface area contributed by atoms with Gasteiger partial charge in [0.2, 0.25) is 0 Å². The van der Waals surface area contributed by atoms with Crippen LogP contribution in [0.15, 0.2) is 95.9 Å². The molecular formula is C58H94B5NO8S. The van der Waals surface area contributed by atoms with Crippen molar-refractivity contribution in [1.29, 1.82) is 0 Å². The van der Waals surface area contributed by atoms with E-state index in [-0.39, 0.29) is 48.6 Å². The van der Waals surface area contributed by atoms with Crippen molar-refractivity contribution in [3.05, 3.63) is 124 Å². The van der Waals surface area contributed by atoms with Crippen LogP contribution in [0.2, 0.25) is 31.6 Å². The molecule has 0 unspecified atom stereocenters. The second-order valence-corrected chi connectivity index (χ2v) is 17.5. The molecule has 6 N–H and O–H groups in total. The maximum absolute atomic E-state index is 9.67. The van der Waals surface area contributed by atoms with Crippen LogP contribution in [0.25, 0.3) is 0 Å². The molecule has 0 fully saturated rings. The number of hydrogen-bond acceptors (Lipinski definition) is 10. The van der Waals surface area contributed by atoms with Gasteiger partial charge in [-0.25, -0.2) is 0 Å².